The summed E-state index contributed by atoms with van der Waals surface area (Å²) in [6.45, 7) is 9.21. The smallest absolute Gasteiger partial charge is 0.209 e. The first-order valence-electron chi connectivity index (χ1n) is 10.0. The Balaban J connectivity index is 0.00000160. The molecule has 4 heteroatoms. The highest BCUT2D eigenvalue weighted by Gasteiger charge is 2.43. The third-order valence-corrected chi connectivity index (χ3v) is 6.50. The highest BCUT2D eigenvalue weighted by Crippen LogP contribution is 2.40. The average molecular weight is 441 g/mol. The van der Waals surface area contributed by atoms with Crippen LogP contribution in [-0.4, -0.2) is 34.7 Å². The maximum atomic E-state index is 2.31. The van der Waals surface area contributed by atoms with Crippen LogP contribution in [0, 0.1) is 0 Å². The van der Waals surface area contributed by atoms with E-state index in [-0.39, 0.29) is 35.6 Å². The third-order valence-electron chi connectivity index (χ3n) is 6.50. The molecule has 0 aliphatic carbocycles. The van der Waals surface area contributed by atoms with Crippen LogP contribution in [0.3, 0.4) is 0 Å². The van der Waals surface area contributed by atoms with Crippen molar-refractivity contribution in [1.82, 2.24) is 0 Å². The number of hydrogen-bond acceptors (Lipinski definition) is 0. The van der Waals surface area contributed by atoms with Gasteiger partial charge in [0, 0.05) is 35.4 Å². The monoisotopic (exact) mass is 440 g/mol. The summed E-state index contributed by atoms with van der Waals surface area (Å²) < 4.78 is 4.63. The van der Waals surface area contributed by atoms with Gasteiger partial charge in [-0.25, -0.2) is 0 Å². The lowest BCUT2D eigenvalue weighted by Crippen LogP contribution is -3.00. The largest absolute Gasteiger partial charge is 1.00 e. The van der Waals surface area contributed by atoms with E-state index in [0.717, 1.165) is 0 Å². The Morgan fingerprint density at radius 1 is 0.600 bits per heavy atom. The van der Waals surface area contributed by atoms with Crippen molar-refractivity contribution in [2.75, 3.05) is 14.1 Å². The number of rotatable bonds is 3. The van der Waals surface area contributed by atoms with Crippen molar-refractivity contribution >= 4 is 22.8 Å². The summed E-state index contributed by atoms with van der Waals surface area (Å²) in [5.74, 6) is 0. The molecule has 0 atom stereocenters. The summed E-state index contributed by atoms with van der Waals surface area (Å²) in [5, 5.41) is 0. The van der Waals surface area contributed by atoms with E-state index in [1.807, 2.05) is 0 Å². The summed E-state index contributed by atoms with van der Waals surface area (Å²) in [5.41, 5.74) is 8.07. The summed E-state index contributed by atoms with van der Waals surface area (Å²) in [7, 11) is 4.33. The van der Waals surface area contributed by atoms with Gasteiger partial charge in [0.2, 0.25) is 11.4 Å². The zero-order chi connectivity index (χ0) is 20.1. The van der Waals surface area contributed by atoms with Crippen LogP contribution in [0.5, 0.6) is 0 Å². The van der Waals surface area contributed by atoms with Crippen molar-refractivity contribution in [2.45, 2.75) is 38.5 Å². The van der Waals surface area contributed by atoms with Crippen LogP contribution in [0.1, 0.15) is 38.8 Å². The van der Waals surface area contributed by atoms with E-state index in [4.69, 9.17) is 0 Å². The molecule has 0 aromatic heterocycles. The molecular formula is C26H30Cl2N2. The molecule has 0 saturated carbocycles. The lowest BCUT2D eigenvalue weighted by Gasteiger charge is -2.15. The van der Waals surface area contributed by atoms with Crippen LogP contribution < -0.4 is 24.8 Å². The Morgan fingerprint density at radius 3 is 1.27 bits per heavy atom. The molecule has 4 rings (SSSR count). The van der Waals surface area contributed by atoms with Crippen LogP contribution in [0.4, 0.5) is 11.4 Å². The second-order valence-electron chi connectivity index (χ2n) is 8.89. The van der Waals surface area contributed by atoms with Crippen LogP contribution in [0.2, 0.25) is 0 Å². The highest BCUT2D eigenvalue weighted by atomic mass is 35.5. The number of para-hydroxylation sites is 2. The Hall–Kier alpha value is -2.16. The Labute approximate surface area is 193 Å². The van der Waals surface area contributed by atoms with E-state index in [1.165, 1.54) is 33.9 Å². The van der Waals surface area contributed by atoms with Gasteiger partial charge >= 0.3 is 0 Å². The van der Waals surface area contributed by atoms with Crippen molar-refractivity contribution in [3.8, 4) is 0 Å². The fourth-order valence-corrected chi connectivity index (χ4v) is 4.90. The fraction of sp³-hybridized carbons (Fsp3) is 0.308. The second kappa shape index (κ2) is 8.53. The summed E-state index contributed by atoms with van der Waals surface area (Å²) in [4.78, 5) is 0. The van der Waals surface area contributed by atoms with Gasteiger partial charge in [0.25, 0.3) is 0 Å². The third kappa shape index (κ3) is 3.57. The summed E-state index contributed by atoms with van der Waals surface area (Å²) >= 11 is 0. The van der Waals surface area contributed by atoms with E-state index in [1.54, 1.807) is 0 Å². The van der Waals surface area contributed by atoms with Crippen molar-refractivity contribution < 1.29 is 34.0 Å². The second-order valence-corrected chi connectivity index (χ2v) is 8.89. The highest BCUT2D eigenvalue weighted by molar-refractivity contribution is 6.04. The molecule has 0 unspecified atom stereocenters. The van der Waals surface area contributed by atoms with Crippen molar-refractivity contribution in [3.05, 3.63) is 84.0 Å². The minimum absolute atomic E-state index is 0. The normalized spacial score (nSPS) is 18.5. The van der Waals surface area contributed by atoms with Gasteiger partial charge in [0.1, 0.15) is 14.1 Å². The van der Waals surface area contributed by atoms with E-state index >= 15 is 0 Å². The first-order valence-corrected chi connectivity index (χ1v) is 10.0. The van der Waals surface area contributed by atoms with Gasteiger partial charge in [0.15, 0.2) is 11.4 Å². The van der Waals surface area contributed by atoms with Crippen molar-refractivity contribution in [1.29, 1.82) is 0 Å². The minimum Gasteiger partial charge on any atom is -1.00 e. The molecular weight excluding hydrogens is 411 g/mol. The molecule has 0 fully saturated rings. The molecule has 2 aromatic carbocycles. The van der Waals surface area contributed by atoms with Crippen LogP contribution in [0.25, 0.3) is 0 Å². The molecule has 2 aromatic rings. The number of halogens is 2. The standard InChI is InChI=1S/C26H30N2.2ClH/c1-25(2)19-13-7-9-15-21(19)27(5)23(25)17-11-12-18-24-26(3,4)20-14-8-10-16-22(20)28(24)6;;/h7-18H,1-6H3;2*1H/q+2;;/p-2/b17-11+,18-12+;;. The number of fused-ring (bicyclic) bond motifs is 2. The molecule has 0 amide bonds. The average Bonchev–Trinajstić information content (AvgIpc) is 2.99. The number of hydrogen-bond donors (Lipinski definition) is 0. The Morgan fingerprint density at radius 2 is 0.933 bits per heavy atom. The molecule has 0 bridgehead atoms. The molecule has 30 heavy (non-hydrogen) atoms. The van der Waals surface area contributed by atoms with Crippen LogP contribution in [0.15, 0.2) is 72.8 Å². The molecule has 2 heterocycles. The topological polar surface area (TPSA) is 6.02 Å². The number of benzene rings is 2. The molecule has 2 nitrogen and oxygen atoms in total. The van der Waals surface area contributed by atoms with E-state index in [0.29, 0.717) is 0 Å². The van der Waals surface area contributed by atoms with Gasteiger partial charge in [-0.15, -0.1) is 0 Å². The number of nitrogens with zero attached hydrogens (tertiary/aromatic N) is 2. The maximum absolute atomic E-state index is 2.31. The fourth-order valence-electron chi connectivity index (χ4n) is 4.90. The molecule has 158 valence electrons. The van der Waals surface area contributed by atoms with Crippen LogP contribution >= 0.6 is 0 Å². The maximum Gasteiger partial charge on any atom is 0.209 e. The lowest BCUT2D eigenvalue weighted by atomic mass is 9.81. The van der Waals surface area contributed by atoms with Gasteiger partial charge in [-0.3, -0.25) is 0 Å². The zero-order valence-electron chi connectivity index (χ0n) is 18.6. The summed E-state index contributed by atoms with van der Waals surface area (Å²) in [6.07, 6.45) is 8.87. The molecule has 2 aliphatic heterocycles. The van der Waals surface area contributed by atoms with Crippen LogP contribution in [-0.2, 0) is 10.8 Å². The lowest BCUT2D eigenvalue weighted by molar-refractivity contribution is -0.401. The van der Waals surface area contributed by atoms with E-state index in [9.17, 15) is 0 Å². The van der Waals surface area contributed by atoms with Crippen molar-refractivity contribution in [2.24, 2.45) is 0 Å². The molecule has 2 aliphatic rings. The van der Waals surface area contributed by atoms with Crippen molar-refractivity contribution in [3.63, 3.8) is 0 Å². The SMILES string of the molecule is C[N+]1=C(/C=C/C=C/C2=[N+](C)c3ccccc3C2(C)C)C(C)(C)c2ccccc21.[Cl-].[Cl-]. The summed E-state index contributed by atoms with van der Waals surface area (Å²) in [6, 6.07) is 17.4. The number of allylic oxidation sites excluding steroid dienone is 4. The van der Waals surface area contributed by atoms with Gasteiger partial charge < -0.3 is 24.8 Å². The first kappa shape index (κ1) is 24.1. The predicted octanol–water partition coefficient (Wildman–Crippen LogP) is -0.481. The van der Waals surface area contributed by atoms with E-state index in [2.05, 4.69) is 124 Å². The predicted molar refractivity (Wildman–Crippen MR) is 119 cm³/mol. The Kier molecular flexibility index (Phi) is 6.85. The quantitative estimate of drug-likeness (QED) is 0.449. The van der Waals surface area contributed by atoms with Gasteiger partial charge in [-0.2, -0.15) is 9.15 Å². The van der Waals surface area contributed by atoms with Gasteiger partial charge in [-0.1, -0.05) is 48.6 Å². The first-order chi connectivity index (χ1) is 13.3. The van der Waals surface area contributed by atoms with Gasteiger partial charge in [0.05, 0.1) is 10.8 Å². The Bertz CT molecular complexity index is 998. The molecule has 0 spiro atoms. The van der Waals surface area contributed by atoms with Gasteiger partial charge in [-0.05, 0) is 27.7 Å². The van der Waals surface area contributed by atoms with E-state index < -0.39 is 0 Å². The molecule has 0 radical (unpaired) electrons. The zero-order valence-corrected chi connectivity index (χ0v) is 20.1. The molecule has 0 N–H and O–H groups in total. The molecule has 0 saturated heterocycles. The minimum atomic E-state index is 0.